The van der Waals surface area contributed by atoms with Gasteiger partial charge in [-0.2, -0.15) is 0 Å². The van der Waals surface area contributed by atoms with Gasteiger partial charge >= 0.3 is 0 Å². The van der Waals surface area contributed by atoms with Crippen LogP contribution in [0.4, 0.5) is 0 Å². The first-order valence-corrected chi connectivity index (χ1v) is 10.3. The lowest BCUT2D eigenvalue weighted by molar-refractivity contribution is 0.0940. The number of carbonyl (C=O) groups excluding carboxylic acids is 2. The van der Waals surface area contributed by atoms with E-state index in [4.69, 9.17) is 4.74 Å². The SMILES string of the molecule is O=C(NCCCC[C@@H]1CCCO1)c1ccc2sc3c(c2c1)CCNC3=O. The number of benzene rings is 1. The summed E-state index contributed by atoms with van der Waals surface area (Å²) in [7, 11) is 0. The summed E-state index contributed by atoms with van der Waals surface area (Å²) >= 11 is 1.51. The minimum absolute atomic E-state index is 0.00435. The second-order valence-electron chi connectivity index (χ2n) is 7.01. The van der Waals surface area contributed by atoms with Crippen molar-refractivity contribution in [2.75, 3.05) is 19.7 Å². The summed E-state index contributed by atoms with van der Waals surface area (Å²) in [5.41, 5.74) is 1.75. The summed E-state index contributed by atoms with van der Waals surface area (Å²) in [5.74, 6) is -0.0334. The predicted octanol–water partition coefficient (Wildman–Crippen LogP) is 3.27. The van der Waals surface area contributed by atoms with Crippen molar-refractivity contribution in [3.8, 4) is 0 Å². The van der Waals surface area contributed by atoms with Gasteiger partial charge < -0.3 is 15.4 Å². The van der Waals surface area contributed by atoms with Gasteiger partial charge in [0.25, 0.3) is 11.8 Å². The van der Waals surface area contributed by atoms with E-state index >= 15 is 0 Å². The molecule has 4 rings (SSSR count). The van der Waals surface area contributed by atoms with Crippen molar-refractivity contribution in [3.05, 3.63) is 34.2 Å². The van der Waals surface area contributed by atoms with Crippen LogP contribution in [0, 0.1) is 0 Å². The van der Waals surface area contributed by atoms with E-state index < -0.39 is 0 Å². The maximum atomic E-state index is 12.5. The van der Waals surface area contributed by atoms with Gasteiger partial charge in [-0.15, -0.1) is 11.3 Å². The molecule has 0 unspecified atom stereocenters. The standard InChI is InChI=1S/C20H24N2O3S/c23-19(21-9-2-1-4-14-5-3-11-25-14)13-6-7-17-16(12-13)15-8-10-22-20(24)18(15)26-17/h6-7,12,14H,1-5,8-11H2,(H,21,23)(H,22,24)/t14-/m1/s1. The molecule has 6 heteroatoms. The fourth-order valence-electron chi connectivity index (χ4n) is 3.78. The molecule has 0 aliphatic carbocycles. The molecule has 1 fully saturated rings. The van der Waals surface area contributed by atoms with Gasteiger partial charge in [-0.1, -0.05) is 0 Å². The summed E-state index contributed by atoms with van der Waals surface area (Å²) in [5, 5.41) is 6.94. The van der Waals surface area contributed by atoms with Crippen molar-refractivity contribution in [2.45, 2.75) is 44.6 Å². The van der Waals surface area contributed by atoms with Crippen LogP contribution in [0.25, 0.3) is 10.1 Å². The molecule has 2 aromatic rings. The Kier molecular flexibility index (Phi) is 5.22. The average molecular weight is 372 g/mol. The second kappa shape index (κ2) is 7.76. The van der Waals surface area contributed by atoms with Gasteiger partial charge in [-0.25, -0.2) is 0 Å². The van der Waals surface area contributed by atoms with Gasteiger partial charge in [0.05, 0.1) is 11.0 Å². The minimum atomic E-state index is -0.0378. The number of hydrogen-bond acceptors (Lipinski definition) is 4. The highest BCUT2D eigenvalue weighted by atomic mass is 32.1. The number of fused-ring (bicyclic) bond motifs is 3. The number of ether oxygens (including phenoxy) is 1. The van der Waals surface area contributed by atoms with Gasteiger partial charge in [0.2, 0.25) is 0 Å². The van der Waals surface area contributed by atoms with Crippen LogP contribution in [0.3, 0.4) is 0 Å². The molecule has 5 nitrogen and oxygen atoms in total. The first-order valence-electron chi connectivity index (χ1n) is 9.46. The Morgan fingerprint density at radius 2 is 2.27 bits per heavy atom. The van der Waals surface area contributed by atoms with Crippen molar-refractivity contribution in [2.24, 2.45) is 0 Å². The number of thiophene rings is 1. The fourth-order valence-corrected chi connectivity index (χ4v) is 4.92. The van der Waals surface area contributed by atoms with Gasteiger partial charge in [0.1, 0.15) is 0 Å². The van der Waals surface area contributed by atoms with Gasteiger partial charge in [0, 0.05) is 30.0 Å². The van der Waals surface area contributed by atoms with Crippen molar-refractivity contribution < 1.29 is 14.3 Å². The van der Waals surface area contributed by atoms with E-state index in [9.17, 15) is 9.59 Å². The van der Waals surface area contributed by atoms with Crippen LogP contribution in [-0.2, 0) is 11.2 Å². The minimum Gasteiger partial charge on any atom is -0.378 e. The molecule has 1 atom stereocenters. The molecule has 2 amide bonds. The van der Waals surface area contributed by atoms with Crippen LogP contribution >= 0.6 is 11.3 Å². The molecule has 0 bridgehead atoms. The molecular weight excluding hydrogens is 348 g/mol. The summed E-state index contributed by atoms with van der Waals surface area (Å²) in [4.78, 5) is 25.2. The highest BCUT2D eigenvalue weighted by Gasteiger charge is 2.22. The number of rotatable bonds is 6. The topological polar surface area (TPSA) is 67.4 Å². The van der Waals surface area contributed by atoms with Crippen molar-refractivity contribution in [1.29, 1.82) is 0 Å². The normalized spacial score (nSPS) is 19.4. The molecule has 1 aromatic heterocycles. The number of amides is 2. The predicted molar refractivity (Wildman–Crippen MR) is 103 cm³/mol. The molecule has 1 aromatic carbocycles. The molecule has 26 heavy (non-hydrogen) atoms. The van der Waals surface area contributed by atoms with Crippen molar-refractivity contribution in [1.82, 2.24) is 10.6 Å². The van der Waals surface area contributed by atoms with Crippen LogP contribution in [0.1, 0.15) is 57.7 Å². The van der Waals surface area contributed by atoms with E-state index in [0.29, 0.717) is 24.8 Å². The lowest BCUT2D eigenvalue weighted by atomic mass is 10.0. The molecule has 3 heterocycles. The summed E-state index contributed by atoms with van der Waals surface area (Å²) < 4.78 is 6.69. The maximum Gasteiger partial charge on any atom is 0.261 e. The molecule has 0 saturated carbocycles. The largest absolute Gasteiger partial charge is 0.378 e. The van der Waals surface area contributed by atoms with Crippen molar-refractivity contribution in [3.63, 3.8) is 0 Å². The van der Waals surface area contributed by atoms with Crippen molar-refractivity contribution >= 4 is 33.2 Å². The third-order valence-electron chi connectivity index (χ3n) is 5.18. The van der Waals surface area contributed by atoms with Crippen LogP contribution in [-0.4, -0.2) is 37.6 Å². The molecule has 138 valence electrons. The van der Waals surface area contributed by atoms with Crippen LogP contribution < -0.4 is 10.6 Å². The van der Waals surface area contributed by atoms with Crippen LogP contribution in [0.2, 0.25) is 0 Å². The number of hydrogen-bond donors (Lipinski definition) is 2. The van der Waals surface area contributed by atoms with E-state index in [-0.39, 0.29) is 11.8 Å². The Hall–Kier alpha value is -1.92. The van der Waals surface area contributed by atoms with Gasteiger partial charge in [-0.05, 0) is 67.7 Å². The zero-order valence-corrected chi connectivity index (χ0v) is 15.6. The van der Waals surface area contributed by atoms with Crippen LogP contribution in [0.5, 0.6) is 0 Å². The summed E-state index contributed by atoms with van der Waals surface area (Å²) in [6.45, 7) is 2.25. The molecule has 1 saturated heterocycles. The van der Waals surface area contributed by atoms with E-state index in [1.807, 2.05) is 18.2 Å². The lowest BCUT2D eigenvalue weighted by Crippen LogP contribution is -2.30. The monoisotopic (exact) mass is 372 g/mol. The van der Waals surface area contributed by atoms with E-state index in [0.717, 1.165) is 52.8 Å². The molecule has 0 radical (unpaired) electrons. The van der Waals surface area contributed by atoms with E-state index in [2.05, 4.69) is 10.6 Å². The quantitative estimate of drug-likeness (QED) is 0.765. The number of carbonyl (C=O) groups is 2. The first kappa shape index (κ1) is 17.5. The van der Waals surface area contributed by atoms with E-state index in [1.165, 1.54) is 24.2 Å². The third kappa shape index (κ3) is 3.62. The lowest BCUT2D eigenvalue weighted by Gasteiger charge is -2.12. The second-order valence-corrected chi connectivity index (χ2v) is 8.07. The van der Waals surface area contributed by atoms with E-state index in [1.54, 1.807) is 0 Å². The molecule has 2 N–H and O–H groups in total. The smallest absolute Gasteiger partial charge is 0.261 e. The Morgan fingerprint density at radius 1 is 1.35 bits per heavy atom. The average Bonchev–Trinajstić information content (AvgIpc) is 3.29. The van der Waals surface area contributed by atoms with Gasteiger partial charge in [0.15, 0.2) is 0 Å². The summed E-state index contributed by atoms with van der Waals surface area (Å²) in [6.07, 6.45) is 6.75. The Morgan fingerprint density at radius 3 is 3.12 bits per heavy atom. The molecule has 0 spiro atoms. The fraction of sp³-hybridized carbons (Fsp3) is 0.500. The molecule has 2 aliphatic heterocycles. The number of nitrogens with one attached hydrogen (secondary N) is 2. The first-order chi connectivity index (χ1) is 12.7. The highest BCUT2D eigenvalue weighted by Crippen LogP contribution is 2.33. The third-order valence-corrected chi connectivity index (χ3v) is 6.39. The van der Waals surface area contributed by atoms with Gasteiger partial charge in [-0.3, -0.25) is 9.59 Å². The van der Waals surface area contributed by atoms with Crippen LogP contribution in [0.15, 0.2) is 18.2 Å². The Balaban J connectivity index is 1.35. The maximum absolute atomic E-state index is 12.5. The number of unbranched alkanes of at least 4 members (excludes halogenated alkanes) is 1. The molecular formula is C20H24N2O3S. The highest BCUT2D eigenvalue weighted by molar-refractivity contribution is 7.21. The zero-order valence-electron chi connectivity index (χ0n) is 14.8. The summed E-state index contributed by atoms with van der Waals surface area (Å²) in [6, 6.07) is 5.74. The Labute approximate surface area is 157 Å². The Bertz CT molecular complexity index is 824. The zero-order chi connectivity index (χ0) is 17.9. The molecule has 2 aliphatic rings.